The van der Waals surface area contributed by atoms with Crippen molar-refractivity contribution in [3.05, 3.63) is 29.8 Å². The highest BCUT2D eigenvalue weighted by Crippen LogP contribution is 2.13. The molecule has 7 atom stereocenters. The number of hydrogen-bond acceptors (Lipinski definition) is 11. The molecule has 0 spiro atoms. The van der Waals surface area contributed by atoms with Gasteiger partial charge in [-0.15, -0.1) is 0 Å². The van der Waals surface area contributed by atoms with Crippen LogP contribution in [0, 0.1) is 11.8 Å². The van der Waals surface area contributed by atoms with Gasteiger partial charge in [-0.25, -0.2) is 4.79 Å². The summed E-state index contributed by atoms with van der Waals surface area (Å²) in [4.78, 5) is 89.6. The van der Waals surface area contributed by atoms with E-state index in [1.807, 2.05) is 0 Å². The van der Waals surface area contributed by atoms with Crippen molar-refractivity contribution in [2.24, 2.45) is 23.3 Å². The summed E-state index contributed by atoms with van der Waals surface area (Å²) in [6.45, 7) is 8.36. The lowest BCUT2D eigenvalue weighted by Crippen LogP contribution is -2.62. The van der Waals surface area contributed by atoms with Gasteiger partial charge in [0.15, 0.2) is 0 Å². The highest BCUT2D eigenvalue weighted by molar-refractivity contribution is 5.96. The highest BCUT2D eigenvalue weighted by atomic mass is 16.4. The van der Waals surface area contributed by atoms with Gasteiger partial charge in [-0.05, 0) is 75.1 Å². The first-order valence-corrected chi connectivity index (χ1v) is 17.6. The molecule has 0 heterocycles. The molecule has 0 aliphatic rings. The molecular formula is C35H57N7O11. The monoisotopic (exact) mass is 751 g/mol. The second-order valence-corrected chi connectivity index (χ2v) is 13.8. The molecule has 0 saturated carbocycles. The highest BCUT2D eigenvalue weighted by Gasteiger charge is 2.35. The smallest absolute Gasteiger partial charge is 0.326 e. The number of carbonyl (C=O) groups excluding carboxylic acids is 5. The molecule has 1 rings (SSSR count). The molecule has 0 aromatic heterocycles. The van der Waals surface area contributed by atoms with Gasteiger partial charge in [0.1, 0.15) is 36.0 Å². The number of carboxylic acid groups (broad SMARTS) is 2. The maximum atomic E-state index is 13.6. The molecule has 53 heavy (non-hydrogen) atoms. The summed E-state index contributed by atoms with van der Waals surface area (Å²) >= 11 is 0. The third-order valence-corrected chi connectivity index (χ3v) is 8.23. The second-order valence-electron chi connectivity index (χ2n) is 13.8. The van der Waals surface area contributed by atoms with Crippen molar-refractivity contribution in [1.82, 2.24) is 26.6 Å². The molecule has 0 aliphatic carbocycles. The van der Waals surface area contributed by atoms with Gasteiger partial charge in [0.05, 0.1) is 12.1 Å². The normalized spacial score (nSPS) is 15.2. The van der Waals surface area contributed by atoms with Crippen LogP contribution in [0.2, 0.25) is 0 Å². The lowest BCUT2D eigenvalue weighted by molar-refractivity contribution is -0.143. The fourth-order valence-electron chi connectivity index (χ4n) is 5.19. The largest absolute Gasteiger partial charge is 0.508 e. The predicted octanol–water partition coefficient (Wildman–Crippen LogP) is -1.15. The van der Waals surface area contributed by atoms with E-state index in [1.165, 1.54) is 31.2 Å². The van der Waals surface area contributed by atoms with Crippen LogP contribution < -0.4 is 38.1 Å². The minimum Gasteiger partial charge on any atom is -0.508 e. The van der Waals surface area contributed by atoms with Gasteiger partial charge in [0.2, 0.25) is 29.5 Å². The first-order valence-electron chi connectivity index (χ1n) is 17.6. The van der Waals surface area contributed by atoms with Gasteiger partial charge in [0.25, 0.3) is 0 Å². The zero-order chi connectivity index (χ0) is 40.4. The van der Waals surface area contributed by atoms with E-state index in [1.54, 1.807) is 27.7 Å². The number of carbonyl (C=O) groups is 7. The zero-order valence-electron chi connectivity index (χ0n) is 31.0. The van der Waals surface area contributed by atoms with Gasteiger partial charge in [-0.2, -0.15) is 0 Å². The van der Waals surface area contributed by atoms with E-state index in [2.05, 4.69) is 26.6 Å². The number of aromatic hydroxyl groups is 1. The number of nitrogens with one attached hydrogen (secondary N) is 5. The summed E-state index contributed by atoms with van der Waals surface area (Å²) in [7, 11) is 0. The number of phenols is 1. The number of nitrogens with two attached hydrogens (primary N) is 2. The molecule has 0 radical (unpaired) electrons. The van der Waals surface area contributed by atoms with E-state index in [4.69, 9.17) is 16.6 Å². The summed E-state index contributed by atoms with van der Waals surface area (Å²) in [6, 6.07) is -2.16. The van der Waals surface area contributed by atoms with Crippen molar-refractivity contribution in [3.63, 3.8) is 0 Å². The quantitative estimate of drug-likeness (QED) is 0.0557. The van der Waals surface area contributed by atoms with Crippen LogP contribution >= 0.6 is 0 Å². The number of aliphatic hydroxyl groups is 1. The zero-order valence-corrected chi connectivity index (χ0v) is 31.0. The van der Waals surface area contributed by atoms with Crippen LogP contribution in [0.3, 0.4) is 0 Å². The van der Waals surface area contributed by atoms with Crippen LogP contribution in [-0.4, -0.2) is 111 Å². The average Bonchev–Trinajstić information content (AvgIpc) is 3.07. The first kappa shape index (κ1) is 46.2. The van der Waals surface area contributed by atoms with Crippen LogP contribution in [0.1, 0.15) is 78.7 Å². The molecule has 18 heteroatoms. The van der Waals surface area contributed by atoms with E-state index in [0.29, 0.717) is 24.9 Å². The van der Waals surface area contributed by atoms with E-state index in [0.717, 1.165) is 0 Å². The third-order valence-electron chi connectivity index (χ3n) is 8.23. The summed E-state index contributed by atoms with van der Waals surface area (Å²) in [5.41, 5.74) is 11.9. The van der Waals surface area contributed by atoms with Crippen molar-refractivity contribution in [1.29, 1.82) is 0 Å². The van der Waals surface area contributed by atoms with Crippen molar-refractivity contribution in [2.45, 2.75) is 122 Å². The van der Waals surface area contributed by atoms with Crippen molar-refractivity contribution >= 4 is 41.5 Å². The lowest BCUT2D eigenvalue weighted by atomic mass is 9.99. The molecule has 0 aliphatic heterocycles. The predicted molar refractivity (Wildman–Crippen MR) is 193 cm³/mol. The molecule has 0 saturated heterocycles. The van der Waals surface area contributed by atoms with Gasteiger partial charge in [-0.1, -0.05) is 39.8 Å². The molecule has 13 N–H and O–H groups in total. The Bertz CT molecular complexity index is 1390. The number of rotatable bonds is 24. The van der Waals surface area contributed by atoms with Crippen molar-refractivity contribution in [2.75, 3.05) is 6.54 Å². The number of hydrogen-bond donors (Lipinski definition) is 11. The Morgan fingerprint density at radius 1 is 0.679 bits per heavy atom. The molecule has 0 bridgehead atoms. The minimum absolute atomic E-state index is 0.0401. The van der Waals surface area contributed by atoms with E-state index in [-0.39, 0.29) is 37.4 Å². The molecule has 5 amide bonds. The summed E-state index contributed by atoms with van der Waals surface area (Å²) in [5, 5.41) is 51.2. The maximum absolute atomic E-state index is 13.6. The van der Waals surface area contributed by atoms with Crippen LogP contribution in [-0.2, 0) is 40.0 Å². The number of benzene rings is 1. The van der Waals surface area contributed by atoms with Gasteiger partial charge < -0.3 is 58.5 Å². The number of aliphatic hydroxyl groups excluding tert-OH is 1. The molecule has 0 fully saturated rings. The number of amides is 5. The fraction of sp³-hybridized carbons (Fsp3) is 0.629. The van der Waals surface area contributed by atoms with Gasteiger partial charge in [-0.3, -0.25) is 28.8 Å². The SMILES string of the molecule is CC(C)C[C@H](NC(=O)[C@@H](NC(=O)[C@@H](NC(=O)[C@H](Cc1ccc(O)cc1)NC(=O)[C@@H](N)CCC(=O)O)C(C)C)[C@@H](C)O)C(=O)N[C@@H](CCCCN)C(=O)O. The van der Waals surface area contributed by atoms with Crippen LogP contribution in [0.4, 0.5) is 0 Å². The number of phenolic OH excluding ortho intramolecular Hbond substituents is 1. The fourth-order valence-corrected chi connectivity index (χ4v) is 5.19. The Kier molecular flexibility index (Phi) is 20.0. The number of carboxylic acids is 2. The summed E-state index contributed by atoms with van der Waals surface area (Å²) in [5.74, 6) is -7.40. The van der Waals surface area contributed by atoms with Crippen LogP contribution in [0.5, 0.6) is 5.75 Å². The third kappa shape index (κ3) is 17.0. The first-order chi connectivity index (χ1) is 24.8. The van der Waals surface area contributed by atoms with E-state index in [9.17, 15) is 48.9 Å². The van der Waals surface area contributed by atoms with Gasteiger partial charge in [0, 0.05) is 12.8 Å². The molecule has 298 valence electrons. The molecule has 1 aromatic rings. The Morgan fingerprint density at radius 2 is 1.21 bits per heavy atom. The second kappa shape index (κ2) is 23.0. The standard InChI is InChI=1S/C35H57N7O11/c1-18(2)16-25(31(48)38-24(35(52)53)8-6-7-15-36)40-34(51)29(20(5)43)42-33(50)28(19(3)4)41-32(49)26(17-21-9-11-22(44)12-10-21)39-30(47)23(37)13-14-27(45)46/h9-12,18-20,23-26,28-29,43-44H,6-8,13-17,36-37H2,1-5H3,(H,38,48)(H,39,47)(H,40,51)(H,41,49)(H,42,50)(H,45,46)(H,52,53)/t20-,23+,24+,25+,26+,28+,29+/m1/s1. The van der Waals surface area contributed by atoms with E-state index >= 15 is 0 Å². The average molecular weight is 752 g/mol. The Morgan fingerprint density at radius 3 is 1.72 bits per heavy atom. The van der Waals surface area contributed by atoms with Crippen molar-refractivity contribution < 1.29 is 54.0 Å². The topological polar surface area (TPSA) is 313 Å². The van der Waals surface area contributed by atoms with Crippen LogP contribution in [0.15, 0.2) is 24.3 Å². The Hall–Kier alpha value is -4.81. The maximum Gasteiger partial charge on any atom is 0.326 e. The summed E-state index contributed by atoms with van der Waals surface area (Å²) in [6.07, 6.45) is -0.968. The number of unbranched alkanes of at least 4 members (excludes halogenated alkanes) is 1. The Labute approximate surface area is 309 Å². The van der Waals surface area contributed by atoms with Crippen LogP contribution in [0.25, 0.3) is 0 Å². The molecule has 0 unspecified atom stereocenters. The summed E-state index contributed by atoms with van der Waals surface area (Å²) < 4.78 is 0. The van der Waals surface area contributed by atoms with E-state index < -0.39 is 96.2 Å². The van der Waals surface area contributed by atoms with Gasteiger partial charge >= 0.3 is 11.9 Å². The van der Waals surface area contributed by atoms with Crippen molar-refractivity contribution in [3.8, 4) is 5.75 Å². The molecule has 1 aromatic carbocycles. The lowest BCUT2D eigenvalue weighted by Gasteiger charge is -2.29. The molecular weight excluding hydrogens is 694 g/mol. The Balaban J connectivity index is 3.23. The molecule has 18 nitrogen and oxygen atoms in total. The minimum atomic E-state index is -1.61. The number of aliphatic carboxylic acids is 2.